The molecular formula is C16H23F3N2. The third kappa shape index (κ3) is 4.45. The van der Waals surface area contributed by atoms with Crippen LogP contribution >= 0.6 is 0 Å². The largest absolute Gasteiger partial charge is 0.401 e. The molecule has 1 aliphatic rings. The Kier molecular flexibility index (Phi) is 5.27. The zero-order valence-corrected chi connectivity index (χ0v) is 12.5. The second-order valence-electron chi connectivity index (χ2n) is 5.91. The molecule has 1 fully saturated rings. The smallest absolute Gasteiger partial charge is 0.315 e. The van der Waals surface area contributed by atoms with E-state index < -0.39 is 12.7 Å². The predicted octanol–water partition coefficient (Wildman–Crippen LogP) is 3.40. The average Bonchev–Trinajstić information content (AvgIpc) is 2.45. The van der Waals surface area contributed by atoms with Crippen molar-refractivity contribution in [3.05, 3.63) is 35.9 Å². The first kappa shape index (κ1) is 16.3. The van der Waals surface area contributed by atoms with Gasteiger partial charge in [-0.3, -0.25) is 4.90 Å². The van der Waals surface area contributed by atoms with Gasteiger partial charge in [-0.15, -0.1) is 0 Å². The number of rotatable bonds is 4. The molecule has 0 spiro atoms. The number of nitrogens with one attached hydrogen (secondary N) is 1. The van der Waals surface area contributed by atoms with Gasteiger partial charge in [0.05, 0.1) is 6.54 Å². The molecule has 0 aromatic heterocycles. The highest BCUT2D eigenvalue weighted by atomic mass is 19.4. The Morgan fingerprint density at radius 2 is 1.86 bits per heavy atom. The van der Waals surface area contributed by atoms with Gasteiger partial charge in [0.1, 0.15) is 0 Å². The van der Waals surface area contributed by atoms with Crippen molar-refractivity contribution in [2.45, 2.75) is 43.4 Å². The number of alkyl halides is 3. The van der Waals surface area contributed by atoms with E-state index in [-0.39, 0.29) is 12.1 Å². The van der Waals surface area contributed by atoms with Crippen LogP contribution in [0.5, 0.6) is 0 Å². The molecule has 1 saturated carbocycles. The fourth-order valence-corrected chi connectivity index (χ4v) is 3.40. The SMILES string of the molecule is CNC1CCC(c2ccccc2)CC1N(C)CC(F)(F)F. The monoisotopic (exact) mass is 300 g/mol. The molecule has 1 aromatic carbocycles. The summed E-state index contributed by atoms with van der Waals surface area (Å²) in [5.41, 5.74) is 1.23. The summed E-state index contributed by atoms with van der Waals surface area (Å²) in [6.07, 6.45) is -1.45. The van der Waals surface area contributed by atoms with Crippen molar-refractivity contribution >= 4 is 0 Å². The van der Waals surface area contributed by atoms with Crippen LogP contribution in [-0.2, 0) is 0 Å². The number of nitrogens with zero attached hydrogens (tertiary/aromatic N) is 1. The molecule has 1 N–H and O–H groups in total. The first-order valence-corrected chi connectivity index (χ1v) is 7.40. The summed E-state index contributed by atoms with van der Waals surface area (Å²) >= 11 is 0. The lowest BCUT2D eigenvalue weighted by Gasteiger charge is -2.41. The number of likely N-dealkylation sites (N-methyl/N-ethyl adjacent to an activating group) is 2. The molecular weight excluding hydrogens is 277 g/mol. The van der Waals surface area contributed by atoms with E-state index in [1.807, 2.05) is 25.2 Å². The van der Waals surface area contributed by atoms with E-state index in [0.29, 0.717) is 5.92 Å². The van der Waals surface area contributed by atoms with Crippen molar-refractivity contribution in [1.29, 1.82) is 0 Å². The van der Waals surface area contributed by atoms with E-state index in [2.05, 4.69) is 17.4 Å². The quantitative estimate of drug-likeness (QED) is 0.917. The van der Waals surface area contributed by atoms with Crippen LogP contribution in [0.4, 0.5) is 13.2 Å². The molecule has 0 saturated heterocycles. The van der Waals surface area contributed by atoms with Crippen LogP contribution in [0.25, 0.3) is 0 Å². The van der Waals surface area contributed by atoms with Crippen molar-refractivity contribution in [2.75, 3.05) is 20.6 Å². The van der Waals surface area contributed by atoms with Crippen LogP contribution in [0.15, 0.2) is 30.3 Å². The topological polar surface area (TPSA) is 15.3 Å². The molecule has 0 bridgehead atoms. The molecule has 0 aliphatic heterocycles. The summed E-state index contributed by atoms with van der Waals surface area (Å²) in [5.74, 6) is 0.344. The molecule has 21 heavy (non-hydrogen) atoms. The Morgan fingerprint density at radius 3 is 2.43 bits per heavy atom. The Hall–Kier alpha value is -1.07. The van der Waals surface area contributed by atoms with E-state index in [0.717, 1.165) is 19.3 Å². The number of halogens is 3. The van der Waals surface area contributed by atoms with Gasteiger partial charge < -0.3 is 5.32 Å². The summed E-state index contributed by atoms with van der Waals surface area (Å²) in [5, 5.41) is 3.18. The second-order valence-corrected chi connectivity index (χ2v) is 5.91. The summed E-state index contributed by atoms with van der Waals surface area (Å²) in [4.78, 5) is 1.45. The molecule has 2 rings (SSSR count). The Labute approximate surface area is 124 Å². The highest BCUT2D eigenvalue weighted by molar-refractivity contribution is 5.21. The molecule has 2 nitrogen and oxygen atoms in total. The molecule has 0 radical (unpaired) electrons. The highest BCUT2D eigenvalue weighted by Crippen LogP contribution is 2.35. The Bertz CT molecular complexity index is 433. The van der Waals surface area contributed by atoms with Crippen molar-refractivity contribution in [3.8, 4) is 0 Å². The zero-order chi connectivity index (χ0) is 15.5. The molecule has 1 aliphatic carbocycles. The molecule has 0 amide bonds. The van der Waals surface area contributed by atoms with Crippen molar-refractivity contribution < 1.29 is 13.2 Å². The van der Waals surface area contributed by atoms with Gasteiger partial charge in [-0.2, -0.15) is 13.2 Å². The Morgan fingerprint density at radius 1 is 1.19 bits per heavy atom. The van der Waals surface area contributed by atoms with Crippen molar-refractivity contribution in [1.82, 2.24) is 10.2 Å². The van der Waals surface area contributed by atoms with Gasteiger partial charge in [0, 0.05) is 12.1 Å². The van der Waals surface area contributed by atoms with E-state index >= 15 is 0 Å². The van der Waals surface area contributed by atoms with Crippen LogP contribution in [0.3, 0.4) is 0 Å². The third-order valence-electron chi connectivity index (χ3n) is 4.45. The summed E-state index contributed by atoms with van der Waals surface area (Å²) in [6, 6.07) is 10.1. The van der Waals surface area contributed by atoms with Gasteiger partial charge in [-0.05, 0) is 44.8 Å². The minimum Gasteiger partial charge on any atom is -0.315 e. The normalized spacial score (nSPS) is 27.0. The zero-order valence-electron chi connectivity index (χ0n) is 12.5. The van der Waals surface area contributed by atoms with Crippen LogP contribution in [0.1, 0.15) is 30.7 Å². The number of hydrogen-bond acceptors (Lipinski definition) is 2. The van der Waals surface area contributed by atoms with E-state index in [1.54, 1.807) is 7.05 Å². The van der Waals surface area contributed by atoms with Crippen LogP contribution in [-0.4, -0.2) is 43.8 Å². The van der Waals surface area contributed by atoms with Gasteiger partial charge in [0.2, 0.25) is 0 Å². The molecule has 118 valence electrons. The Balaban J connectivity index is 2.09. The van der Waals surface area contributed by atoms with Gasteiger partial charge in [0.15, 0.2) is 0 Å². The first-order valence-electron chi connectivity index (χ1n) is 7.40. The molecule has 0 heterocycles. The summed E-state index contributed by atoms with van der Waals surface area (Å²) < 4.78 is 38.0. The van der Waals surface area contributed by atoms with E-state index in [9.17, 15) is 13.2 Å². The fourth-order valence-electron chi connectivity index (χ4n) is 3.40. The maximum Gasteiger partial charge on any atom is 0.401 e. The molecule has 3 unspecified atom stereocenters. The molecule has 3 atom stereocenters. The first-order chi connectivity index (χ1) is 9.90. The maximum atomic E-state index is 12.7. The molecule has 1 aromatic rings. The van der Waals surface area contributed by atoms with Crippen LogP contribution < -0.4 is 5.32 Å². The van der Waals surface area contributed by atoms with Gasteiger partial charge in [-0.25, -0.2) is 0 Å². The second kappa shape index (κ2) is 6.79. The standard InChI is InChI=1S/C16H23F3N2/c1-20-14-9-8-13(12-6-4-3-5-7-12)10-15(14)21(2)11-16(17,18)19/h3-7,13-15,20H,8-11H2,1-2H3. The summed E-state index contributed by atoms with van der Waals surface area (Å²) in [6.45, 7) is -0.850. The lowest BCUT2D eigenvalue weighted by molar-refractivity contribution is -0.149. The number of benzene rings is 1. The van der Waals surface area contributed by atoms with E-state index in [1.165, 1.54) is 10.5 Å². The van der Waals surface area contributed by atoms with E-state index in [4.69, 9.17) is 0 Å². The maximum absolute atomic E-state index is 12.7. The minimum absolute atomic E-state index is 0.0874. The van der Waals surface area contributed by atoms with Gasteiger partial charge in [-0.1, -0.05) is 30.3 Å². The van der Waals surface area contributed by atoms with Crippen molar-refractivity contribution in [2.24, 2.45) is 0 Å². The minimum atomic E-state index is -4.15. The average molecular weight is 300 g/mol. The molecule has 5 heteroatoms. The predicted molar refractivity (Wildman–Crippen MR) is 78.4 cm³/mol. The van der Waals surface area contributed by atoms with Crippen molar-refractivity contribution in [3.63, 3.8) is 0 Å². The lowest BCUT2D eigenvalue weighted by Crippen LogP contribution is -2.52. The fraction of sp³-hybridized carbons (Fsp3) is 0.625. The number of hydrogen-bond donors (Lipinski definition) is 1. The highest BCUT2D eigenvalue weighted by Gasteiger charge is 2.37. The van der Waals surface area contributed by atoms with Crippen LogP contribution in [0.2, 0.25) is 0 Å². The van der Waals surface area contributed by atoms with Gasteiger partial charge >= 0.3 is 6.18 Å². The van der Waals surface area contributed by atoms with Crippen LogP contribution in [0, 0.1) is 0 Å². The third-order valence-corrected chi connectivity index (χ3v) is 4.45. The summed E-state index contributed by atoms with van der Waals surface area (Å²) in [7, 11) is 3.41. The van der Waals surface area contributed by atoms with Gasteiger partial charge in [0.25, 0.3) is 0 Å². The lowest BCUT2D eigenvalue weighted by atomic mass is 9.78.